The van der Waals surface area contributed by atoms with Crippen LogP contribution in [-0.2, 0) is 4.79 Å². The number of hydrogen-bond donors (Lipinski definition) is 0. The molecule has 0 atom stereocenters. The van der Waals surface area contributed by atoms with Gasteiger partial charge < -0.3 is 18.9 Å². The van der Waals surface area contributed by atoms with E-state index in [1.165, 1.54) is 16.7 Å². The van der Waals surface area contributed by atoms with Crippen LogP contribution in [0, 0.1) is 0 Å². The Balaban J connectivity index is 1.60. The van der Waals surface area contributed by atoms with Gasteiger partial charge in [0.2, 0.25) is 6.79 Å². The summed E-state index contributed by atoms with van der Waals surface area (Å²) in [5.74, 6) is 2.30. The molecule has 0 saturated carbocycles. The first kappa shape index (κ1) is 20.3. The van der Waals surface area contributed by atoms with Crippen LogP contribution in [0.2, 0.25) is 0 Å². The second-order valence-corrected chi connectivity index (χ2v) is 7.97. The van der Waals surface area contributed by atoms with Crippen LogP contribution in [0.4, 0.5) is 5.69 Å². The predicted octanol–water partition coefficient (Wildman–Crippen LogP) is 4.78. The average molecular weight is 442 g/mol. The minimum Gasteiger partial charge on any atom is -0.490 e. The zero-order valence-electron chi connectivity index (χ0n) is 16.3. The molecule has 0 unspecified atom stereocenters. The summed E-state index contributed by atoms with van der Waals surface area (Å²) in [6.45, 7) is 6.62. The van der Waals surface area contributed by atoms with Crippen molar-refractivity contribution < 1.29 is 23.7 Å². The van der Waals surface area contributed by atoms with E-state index in [1.807, 2.05) is 25.1 Å². The van der Waals surface area contributed by atoms with Gasteiger partial charge in [-0.15, -0.1) is 0 Å². The van der Waals surface area contributed by atoms with Gasteiger partial charge in [-0.25, -0.2) is 0 Å². The lowest BCUT2D eigenvalue weighted by Crippen LogP contribution is -2.27. The minimum atomic E-state index is -0.186. The first-order valence-electron chi connectivity index (χ1n) is 9.29. The standard InChI is InChI=1S/C22H19NO5S2/c1-3-9-26-16-7-5-14(10-18(16)25-4-2)11-20-21(24)23(22(29)30-20)15-6-8-17-19(12-15)28-13-27-17/h3,5-8,10-12H,1,4,9,13H2,2H3/b20-11+. The Kier molecular flexibility index (Phi) is 5.96. The van der Waals surface area contributed by atoms with Crippen molar-refractivity contribution in [1.82, 2.24) is 0 Å². The lowest BCUT2D eigenvalue weighted by Gasteiger charge is -2.14. The SMILES string of the molecule is C=CCOc1ccc(/C=C2/SC(=S)N(c3ccc4c(c3)OCO4)C2=O)cc1OCC. The van der Waals surface area contributed by atoms with E-state index in [4.69, 9.17) is 31.2 Å². The Labute approximate surface area is 184 Å². The lowest BCUT2D eigenvalue weighted by atomic mass is 10.1. The molecule has 154 valence electrons. The summed E-state index contributed by atoms with van der Waals surface area (Å²) < 4.78 is 22.5. The van der Waals surface area contributed by atoms with E-state index in [1.54, 1.807) is 30.4 Å². The number of thioether (sulfide) groups is 1. The van der Waals surface area contributed by atoms with Crippen LogP contribution in [0.3, 0.4) is 0 Å². The highest BCUT2D eigenvalue weighted by atomic mass is 32.2. The molecule has 1 amide bonds. The van der Waals surface area contributed by atoms with Gasteiger partial charge in [-0.05, 0) is 42.8 Å². The number of nitrogens with zero attached hydrogens (tertiary/aromatic N) is 1. The Morgan fingerprint density at radius 2 is 2.00 bits per heavy atom. The van der Waals surface area contributed by atoms with E-state index in [0.717, 1.165) is 5.56 Å². The Morgan fingerprint density at radius 1 is 1.17 bits per heavy atom. The summed E-state index contributed by atoms with van der Waals surface area (Å²) >= 11 is 6.71. The molecular weight excluding hydrogens is 422 g/mol. The van der Waals surface area contributed by atoms with E-state index < -0.39 is 0 Å². The molecule has 1 fully saturated rings. The van der Waals surface area contributed by atoms with Crippen molar-refractivity contribution in [3.05, 3.63) is 59.5 Å². The lowest BCUT2D eigenvalue weighted by molar-refractivity contribution is -0.113. The normalized spacial score (nSPS) is 16.3. The molecule has 2 aromatic rings. The van der Waals surface area contributed by atoms with Crippen molar-refractivity contribution >= 4 is 46.0 Å². The number of fused-ring (bicyclic) bond motifs is 1. The highest BCUT2D eigenvalue weighted by Crippen LogP contribution is 2.41. The highest BCUT2D eigenvalue weighted by Gasteiger charge is 2.34. The molecule has 30 heavy (non-hydrogen) atoms. The molecule has 2 aliphatic heterocycles. The fraction of sp³-hybridized carbons (Fsp3) is 0.182. The molecule has 1 saturated heterocycles. The van der Waals surface area contributed by atoms with Crippen molar-refractivity contribution in [2.24, 2.45) is 0 Å². The van der Waals surface area contributed by atoms with E-state index in [2.05, 4.69) is 6.58 Å². The van der Waals surface area contributed by atoms with Gasteiger partial charge in [-0.1, -0.05) is 42.7 Å². The molecule has 2 aromatic carbocycles. The molecule has 0 radical (unpaired) electrons. The van der Waals surface area contributed by atoms with E-state index in [0.29, 0.717) is 51.1 Å². The van der Waals surface area contributed by atoms with Crippen molar-refractivity contribution in [1.29, 1.82) is 0 Å². The smallest absolute Gasteiger partial charge is 0.270 e. The maximum atomic E-state index is 13.1. The monoisotopic (exact) mass is 441 g/mol. The molecule has 0 aromatic heterocycles. The molecule has 0 bridgehead atoms. The second kappa shape index (κ2) is 8.81. The van der Waals surface area contributed by atoms with Gasteiger partial charge in [0.15, 0.2) is 27.3 Å². The van der Waals surface area contributed by atoms with Crippen molar-refractivity contribution in [2.45, 2.75) is 6.92 Å². The van der Waals surface area contributed by atoms with Crippen LogP contribution in [0.1, 0.15) is 12.5 Å². The van der Waals surface area contributed by atoms with Crippen LogP contribution >= 0.6 is 24.0 Å². The third-order valence-corrected chi connectivity index (χ3v) is 5.63. The number of rotatable bonds is 7. The molecular formula is C22H19NO5S2. The summed E-state index contributed by atoms with van der Waals surface area (Å²) in [5, 5.41) is 0. The largest absolute Gasteiger partial charge is 0.490 e. The molecule has 2 aliphatic rings. The van der Waals surface area contributed by atoms with Crippen LogP contribution < -0.4 is 23.8 Å². The van der Waals surface area contributed by atoms with Crippen LogP contribution in [-0.4, -0.2) is 30.2 Å². The fourth-order valence-electron chi connectivity index (χ4n) is 3.02. The first-order valence-corrected chi connectivity index (χ1v) is 10.5. The van der Waals surface area contributed by atoms with Gasteiger partial charge in [0.05, 0.1) is 17.2 Å². The van der Waals surface area contributed by atoms with Crippen LogP contribution in [0.15, 0.2) is 54.0 Å². The number of ether oxygens (including phenoxy) is 4. The van der Waals surface area contributed by atoms with Gasteiger partial charge in [-0.2, -0.15) is 0 Å². The quantitative estimate of drug-likeness (QED) is 0.348. The molecule has 0 spiro atoms. The molecule has 8 heteroatoms. The third kappa shape index (κ3) is 4.01. The highest BCUT2D eigenvalue weighted by molar-refractivity contribution is 8.27. The maximum Gasteiger partial charge on any atom is 0.270 e. The van der Waals surface area contributed by atoms with Gasteiger partial charge in [0.25, 0.3) is 5.91 Å². The molecule has 0 N–H and O–H groups in total. The van der Waals surface area contributed by atoms with Crippen molar-refractivity contribution in [2.75, 3.05) is 24.9 Å². The summed E-state index contributed by atoms with van der Waals surface area (Å²) in [4.78, 5) is 15.1. The topological polar surface area (TPSA) is 57.2 Å². The number of amides is 1. The zero-order valence-corrected chi connectivity index (χ0v) is 17.9. The summed E-state index contributed by atoms with van der Waals surface area (Å²) in [7, 11) is 0. The van der Waals surface area contributed by atoms with Gasteiger partial charge >= 0.3 is 0 Å². The van der Waals surface area contributed by atoms with Crippen molar-refractivity contribution in [3.8, 4) is 23.0 Å². The van der Waals surface area contributed by atoms with Crippen molar-refractivity contribution in [3.63, 3.8) is 0 Å². The van der Waals surface area contributed by atoms with Gasteiger partial charge in [0.1, 0.15) is 6.61 Å². The predicted molar refractivity (Wildman–Crippen MR) is 122 cm³/mol. The van der Waals surface area contributed by atoms with E-state index >= 15 is 0 Å². The molecule has 4 rings (SSSR count). The average Bonchev–Trinajstić information content (AvgIpc) is 3.31. The Morgan fingerprint density at radius 3 is 2.80 bits per heavy atom. The number of hydrogen-bond acceptors (Lipinski definition) is 7. The van der Waals surface area contributed by atoms with Crippen LogP contribution in [0.25, 0.3) is 6.08 Å². The van der Waals surface area contributed by atoms with Gasteiger partial charge in [0, 0.05) is 6.07 Å². The third-order valence-electron chi connectivity index (χ3n) is 4.33. The summed E-state index contributed by atoms with van der Waals surface area (Å²) in [6, 6.07) is 10.9. The Hall–Kier alpha value is -2.97. The van der Waals surface area contributed by atoms with E-state index in [-0.39, 0.29) is 12.7 Å². The fourth-order valence-corrected chi connectivity index (χ4v) is 4.32. The van der Waals surface area contributed by atoms with Crippen LogP contribution in [0.5, 0.6) is 23.0 Å². The molecule has 2 heterocycles. The van der Waals surface area contributed by atoms with E-state index in [9.17, 15) is 4.79 Å². The first-order chi connectivity index (χ1) is 14.6. The summed E-state index contributed by atoms with van der Waals surface area (Å²) in [6.07, 6.45) is 3.47. The number of anilines is 1. The maximum absolute atomic E-state index is 13.1. The number of benzene rings is 2. The second-order valence-electron chi connectivity index (χ2n) is 6.29. The Bertz CT molecular complexity index is 1050. The summed E-state index contributed by atoms with van der Waals surface area (Å²) in [5.41, 5.74) is 1.46. The number of carbonyl (C=O) groups excluding carboxylic acids is 1. The molecule has 6 nitrogen and oxygen atoms in total. The molecule has 0 aliphatic carbocycles. The number of thiocarbonyl (C=S) groups is 1. The van der Waals surface area contributed by atoms with Gasteiger partial charge in [-0.3, -0.25) is 9.69 Å². The zero-order chi connectivity index (χ0) is 21.1. The minimum absolute atomic E-state index is 0.172. The number of carbonyl (C=O) groups is 1.